The summed E-state index contributed by atoms with van der Waals surface area (Å²) in [5.41, 5.74) is 2.30. The highest BCUT2D eigenvalue weighted by Gasteiger charge is 2.16. The number of aliphatic hydroxyl groups excluding tert-OH is 1. The first kappa shape index (κ1) is 14.1. The van der Waals surface area contributed by atoms with Gasteiger partial charge in [-0.1, -0.05) is 24.0 Å². The Morgan fingerprint density at radius 1 is 1.47 bits per heavy atom. The standard InChI is InChI=1S/C16H21NO2/c1-14-12-17(8-10-19-14)13-16-7-4-6-15(11-16)5-2-3-9-18/h4,6-7,11,14,18H,3,8-10,12-13H2,1H3. The van der Waals surface area contributed by atoms with Crippen LogP contribution in [0.2, 0.25) is 0 Å². The van der Waals surface area contributed by atoms with E-state index in [1.807, 2.05) is 12.1 Å². The van der Waals surface area contributed by atoms with Crippen molar-refractivity contribution < 1.29 is 9.84 Å². The van der Waals surface area contributed by atoms with E-state index in [0.29, 0.717) is 12.5 Å². The maximum Gasteiger partial charge on any atom is 0.0674 e. The van der Waals surface area contributed by atoms with Crippen molar-refractivity contribution in [3.63, 3.8) is 0 Å². The van der Waals surface area contributed by atoms with Crippen LogP contribution in [0.5, 0.6) is 0 Å². The molecule has 1 unspecified atom stereocenters. The number of ether oxygens (including phenoxy) is 1. The van der Waals surface area contributed by atoms with Crippen LogP contribution in [0.1, 0.15) is 24.5 Å². The van der Waals surface area contributed by atoms with Gasteiger partial charge < -0.3 is 9.84 Å². The SMILES string of the molecule is CC1CN(Cc2cccc(C#CCCO)c2)CCO1. The van der Waals surface area contributed by atoms with Crippen molar-refractivity contribution in [2.24, 2.45) is 0 Å². The van der Waals surface area contributed by atoms with Crippen LogP contribution >= 0.6 is 0 Å². The van der Waals surface area contributed by atoms with Crippen molar-refractivity contribution >= 4 is 0 Å². The molecule has 1 aliphatic rings. The molecule has 1 aromatic carbocycles. The van der Waals surface area contributed by atoms with Crippen molar-refractivity contribution in [1.82, 2.24) is 4.90 Å². The van der Waals surface area contributed by atoms with Gasteiger partial charge >= 0.3 is 0 Å². The molecule has 3 heteroatoms. The molecule has 0 radical (unpaired) electrons. The van der Waals surface area contributed by atoms with E-state index in [1.54, 1.807) is 0 Å². The molecule has 0 aromatic heterocycles. The average molecular weight is 259 g/mol. The van der Waals surface area contributed by atoms with Crippen molar-refractivity contribution in [1.29, 1.82) is 0 Å². The first-order chi connectivity index (χ1) is 9.28. The van der Waals surface area contributed by atoms with E-state index in [-0.39, 0.29) is 6.61 Å². The molecule has 1 saturated heterocycles. The Balaban J connectivity index is 1.97. The third kappa shape index (κ3) is 4.68. The van der Waals surface area contributed by atoms with Crippen LogP contribution in [0.25, 0.3) is 0 Å². The maximum atomic E-state index is 8.72. The lowest BCUT2D eigenvalue weighted by Crippen LogP contribution is -2.40. The second kappa shape index (κ2) is 7.30. The zero-order chi connectivity index (χ0) is 13.5. The fourth-order valence-electron chi connectivity index (χ4n) is 2.26. The van der Waals surface area contributed by atoms with Crippen molar-refractivity contribution in [2.75, 3.05) is 26.3 Å². The molecule has 102 valence electrons. The summed E-state index contributed by atoms with van der Waals surface area (Å²) in [6, 6.07) is 8.32. The molecule has 3 nitrogen and oxygen atoms in total. The number of hydrogen-bond acceptors (Lipinski definition) is 3. The summed E-state index contributed by atoms with van der Waals surface area (Å²) < 4.78 is 5.55. The van der Waals surface area contributed by atoms with Gasteiger partial charge in [0, 0.05) is 31.6 Å². The van der Waals surface area contributed by atoms with Gasteiger partial charge in [0.15, 0.2) is 0 Å². The molecule has 0 amide bonds. The van der Waals surface area contributed by atoms with Crippen LogP contribution in [0, 0.1) is 11.8 Å². The third-order valence-corrected chi connectivity index (χ3v) is 3.13. The molecule has 1 fully saturated rings. The highest BCUT2D eigenvalue weighted by atomic mass is 16.5. The molecular formula is C16H21NO2. The summed E-state index contributed by atoms with van der Waals surface area (Å²) in [6.45, 7) is 5.98. The highest BCUT2D eigenvalue weighted by Crippen LogP contribution is 2.11. The van der Waals surface area contributed by atoms with Crippen LogP contribution in [-0.4, -0.2) is 42.4 Å². The van der Waals surface area contributed by atoms with Gasteiger partial charge in [0.2, 0.25) is 0 Å². The van der Waals surface area contributed by atoms with Crippen LogP contribution < -0.4 is 0 Å². The number of morpholine rings is 1. The molecule has 0 bridgehead atoms. The fraction of sp³-hybridized carbons (Fsp3) is 0.500. The Bertz CT molecular complexity index is 461. The van der Waals surface area contributed by atoms with E-state index in [9.17, 15) is 0 Å². The first-order valence-electron chi connectivity index (χ1n) is 6.80. The lowest BCUT2D eigenvalue weighted by atomic mass is 10.1. The van der Waals surface area contributed by atoms with Crippen molar-refractivity contribution in [3.05, 3.63) is 35.4 Å². The third-order valence-electron chi connectivity index (χ3n) is 3.13. The molecular weight excluding hydrogens is 238 g/mol. The molecule has 0 aliphatic carbocycles. The molecule has 1 atom stereocenters. The molecule has 1 aromatic rings. The highest BCUT2D eigenvalue weighted by molar-refractivity contribution is 5.37. The van der Waals surface area contributed by atoms with Gasteiger partial charge in [0.1, 0.15) is 0 Å². The molecule has 1 aliphatic heterocycles. The predicted molar refractivity (Wildman–Crippen MR) is 75.7 cm³/mol. The van der Waals surface area contributed by atoms with Gasteiger partial charge in [-0.3, -0.25) is 4.90 Å². The Morgan fingerprint density at radius 2 is 2.37 bits per heavy atom. The van der Waals surface area contributed by atoms with Crippen molar-refractivity contribution in [2.45, 2.75) is 26.0 Å². The molecule has 1 N–H and O–H groups in total. The van der Waals surface area contributed by atoms with Crippen LogP contribution in [0.15, 0.2) is 24.3 Å². The van der Waals surface area contributed by atoms with Crippen LogP contribution in [-0.2, 0) is 11.3 Å². The Labute approximate surface area is 115 Å². The second-order valence-corrected chi connectivity index (χ2v) is 4.89. The summed E-state index contributed by atoms with van der Waals surface area (Å²) >= 11 is 0. The monoisotopic (exact) mass is 259 g/mol. The molecule has 0 saturated carbocycles. The number of aliphatic hydroxyl groups is 1. The van der Waals surface area contributed by atoms with E-state index in [0.717, 1.165) is 31.8 Å². The van der Waals surface area contributed by atoms with Gasteiger partial charge in [0.25, 0.3) is 0 Å². The summed E-state index contributed by atoms with van der Waals surface area (Å²) in [6.07, 6.45) is 0.854. The van der Waals surface area contributed by atoms with Crippen molar-refractivity contribution in [3.8, 4) is 11.8 Å². The minimum atomic E-state index is 0.123. The Hall–Kier alpha value is -1.34. The number of nitrogens with zero attached hydrogens (tertiary/aromatic N) is 1. The maximum absolute atomic E-state index is 8.72. The normalized spacial score (nSPS) is 19.8. The van der Waals surface area contributed by atoms with Gasteiger partial charge in [-0.2, -0.15) is 0 Å². The average Bonchev–Trinajstić information content (AvgIpc) is 2.39. The van der Waals surface area contributed by atoms with Crippen LogP contribution in [0.3, 0.4) is 0 Å². The smallest absolute Gasteiger partial charge is 0.0674 e. The lowest BCUT2D eigenvalue weighted by Gasteiger charge is -2.31. The first-order valence-corrected chi connectivity index (χ1v) is 6.80. The summed E-state index contributed by atoms with van der Waals surface area (Å²) in [5.74, 6) is 6.03. The predicted octanol–water partition coefficient (Wildman–Crippen LogP) is 1.64. The topological polar surface area (TPSA) is 32.7 Å². The van der Waals surface area contributed by atoms with E-state index < -0.39 is 0 Å². The van der Waals surface area contributed by atoms with Gasteiger partial charge in [-0.05, 0) is 24.6 Å². The summed E-state index contributed by atoms with van der Waals surface area (Å²) in [7, 11) is 0. The molecule has 2 rings (SSSR count). The van der Waals surface area contributed by atoms with E-state index in [4.69, 9.17) is 9.84 Å². The van der Waals surface area contributed by atoms with Gasteiger partial charge in [0.05, 0.1) is 19.3 Å². The van der Waals surface area contributed by atoms with E-state index in [2.05, 4.69) is 35.8 Å². The van der Waals surface area contributed by atoms with Gasteiger partial charge in [-0.25, -0.2) is 0 Å². The Morgan fingerprint density at radius 3 is 3.16 bits per heavy atom. The zero-order valence-corrected chi connectivity index (χ0v) is 11.4. The second-order valence-electron chi connectivity index (χ2n) is 4.89. The Kier molecular flexibility index (Phi) is 5.41. The zero-order valence-electron chi connectivity index (χ0n) is 11.4. The molecule has 1 heterocycles. The fourth-order valence-corrected chi connectivity index (χ4v) is 2.26. The number of benzene rings is 1. The number of rotatable bonds is 3. The van der Waals surface area contributed by atoms with Crippen LogP contribution in [0.4, 0.5) is 0 Å². The molecule has 19 heavy (non-hydrogen) atoms. The molecule has 0 spiro atoms. The minimum Gasteiger partial charge on any atom is -0.395 e. The minimum absolute atomic E-state index is 0.123. The quantitative estimate of drug-likeness (QED) is 0.838. The largest absolute Gasteiger partial charge is 0.395 e. The van der Waals surface area contributed by atoms with Gasteiger partial charge in [-0.15, -0.1) is 0 Å². The van der Waals surface area contributed by atoms with E-state index in [1.165, 1.54) is 5.56 Å². The number of hydrogen-bond donors (Lipinski definition) is 1. The summed E-state index contributed by atoms with van der Waals surface area (Å²) in [4.78, 5) is 2.41. The lowest BCUT2D eigenvalue weighted by molar-refractivity contribution is -0.0212. The summed E-state index contributed by atoms with van der Waals surface area (Å²) in [5, 5.41) is 8.72. The van der Waals surface area contributed by atoms with E-state index >= 15 is 0 Å².